The third-order valence-electron chi connectivity index (χ3n) is 4.94. The van der Waals surface area contributed by atoms with Crippen LogP contribution in [0, 0.1) is 12.7 Å². The summed E-state index contributed by atoms with van der Waals surface area (Å²) in [5.74, 6) is 0.351. The van der Waals surface area contributed by atoms with Gasteiger partial charge in [-0.1, -0.05) is 42.0 Å². The molecule has 0 bridgehead atoms. The summed E-state index contributed by atoms with van der Waals surface area (Å²) < 4.78 is 15.2. The van der Waals surface area contributed by atoms with E-state index in [1.165, 1.54) is 35.4 Å². The number of halogens is 1. The van der Waals surface area contributed by atoms with Gasteiger partial charge in [0.25, 0.3) is 5.91 Å². The first-order valence-corrected chi connectivity index (χ1v) is 9.63. The number of imidazole rings is 1. The van der Waals surface area contributed by atoms with Gasteiger partial charge in [0.05, 0.1) is 11.0 Å². The van der Waals surface area contributed by atoms with Crippen LogP contribution in [0.1, 0.15) is 27.3 Å². The molecule has 1 aromatic heterocycles. The molecule has 5 heteroatoms. The van der Waals surface area contributed by atoms with Gasteiger partial charge in [-0.25, -0.2) is 9.37 Å². The van der Waals surface area contributed by atoms with Gasteiger partial charge >= 0.3 is 0 Å². The number of amides is 1. The molecule has 0 atom stereocenters. The van der Waals surface area contributed by atoms with E-state index in [1.807, 2.05) is 18.2 Å². The molecule has 0 unspecified atom stereocenters. The van der Waals surface area contributed by atoms with Crippen LogP contribution in [0.3, 0.4) is 0 Å². The van der Waals surface area contributed by atoms with E-state index in [0.717, 1.165) is 23.4 Å². The Morgan fingerprint density at radius 1 is 1.00 bits per heavy atom. The summed E-state index contributed by atoms with van der Waals surface area (Å²) in [7, 11) is 0. The van der Waals surface area contributed by atoms with Crippen molar-refractivity contribution >= 4 is 16.9 Å². The Bertz CT molecular complexity index is 1130. The van der Waals surface area contributed by atoms with E-state index < -0.39 is 0 Å². The molecule has 0 saturated heterocycles. The minimum Gasteiger partial charge on any atom is -0.352 e. The second kappa shape index (κ2) is 8.27. The van der Waals surface area contributed by atoms with E-state index in [4.69, 9.17) is 4.98 Å². The van der Waals surface area contributed by atoms with Crippen LogP contribution in [-0.4, -0.2) is 22.0 Å². The normalized spacial score (nSPS) is 11.0. The van der Waals surface area contributed by atoms with Crippen molar-refractivity contribution in [2.75, 3.05) is 6.54 Å². The Balaban J connectivity index is 1.51. The molecule has 29 heavy (non-hydrogen) atoms. The first-order chi connectivity index (χ1) is 14.1. The van der Waals surface area contributed by atoms with Gasteiger partial charge in [0.1, 0.15) is 11.6 Å². The van der Waals surface area contributed by atoms with Crippen LogP contribution >= 0.6 is 0 Å². The number of benzene rings is 3. The maximum atomic E-state index is 13.0. The summed E-state index contributed by atoms with van der Waals surface area (Å²) in [6.07, 6.45) is 0.605. The van der Waals surface area contributed by atoms with E-state index in [0.29, 0.717) is 18.5 Å². The number of fused-ring (bicyclic) bond motifs is 1. The number of para-hydroxylation sites is 2. The number of carbonyl (C=O) groups is 1. The third-order valence-corrected chi connectivity index (χ3v) is 4.94. The van der Waals surface area contributed by atoms with Crippen LogP contribution in [0.5, 0.6) is 0 Å². The van der Waals surface area contributed by atoms with Gasteiger partial charge in [-0.2, -0.15) is 0 Å². The summed E-state index contributed by atoms with van der Waals surface area (Å²) in [5.41, 5.74) is 4.90. The van der Waals surface area contributed by atoms with Crippen LogP contribution in [-0.2, 0) is 13.0 Å². The molecule has 1 amide bonds. The lowest BCUT2D eigenvalue weighted by molar-refractivity contribution is 0.0954. The highest BCUT2D eigenvalue weighted by Crippen LogP contribution is 2.18. The SMILES string of the molecule is Cc1ccc(Cn2c(CCNC(=O)c3ccc(F)cc3)nc3ccccc32)cc1. The lowest BCUT2D eigenvalue weighted by Crippen LogP contribution is -2.26. The topological polar surface area (TPSA) is 46.9 Å². The number of nitrogens with one attached hydrogen (secondary N) is 1. The molecular formula is C24H22FN3O. The fourth-order valence-electron chi connectivity index (χ4n) is 3.36. The smallest absolute Gasteiger partial charge is 0.251 e. The number of nitrogens with zero attached hydrogens (tertiary/aromatic N) is 2. The first-order valence-electron chi connectivity index (χ1n) is 9.63. The number of aromatic nitrogens is 2. The largest absolute Gasteiger partial charge is 0.352 e. The van der Waals surface area contributed by atoms with Crippen LogP contribution in [0.4, 0.5) is 4.39 Å². The van der Waals surface area contributed by atoms with Crippen molar-refractivity contribution in [3.63, 3.8) is 0 Å². The van der Waals surface area contributed by atoms with E-state index in [-0.39, 0.29) is 11.7 Å². The zero-order valence-corrected chi connectivity index (χ0v) is 16.2. The van der Waals surface area contributed by atoms with Crippen molar-refractivity contribution in [2.45, 2.75) is 19.9 Å². The molecule has 0 fully saturated rings. The summed E-state index contributed by atoms with van der Waals surface area (Å²) >= 11 is 0. The van der Waals surface area contributed by atoms with Gasteiger partial charge in [-0.3, -0.25) is 4.79 Å². The molecule has 146 valence electrons. The Kier molecular flexibility index (Phi) is 5.38. The van der Waals surface area contributed by atoms with Gasteiger partial charge < -0.3 is 9.88 Å². The van der Waals surface area contributed by atoms with E-state index >= 15 is 0 Å². The van der Waals surface area contributed by atoms with Gasteiger partial charge in [0.2, 0.25) is 0 Å². The van der Waals surface area contributed by atoms with Gasteiger partial charge in [-0.15, -0.1) is 0 Å². The molecule has 0 aliphatic carbocycles. The maximum Gasteiger partial charge on any atom is 0.251 e. The molecule has 0 aliphatic rings. The fraction of sp³-hybridized carbons (Fsp3) is 0.167. The summed E-state index contributed by atoms with van der Waals surface area (Å²) in [6.45, 7) is 3.25. The van der Waals surface area contributed by atoms with Crippen LogP contribution < -0.4 is 5.32 Å². The van der Waals surface area contributed by atoms with Crippen molar-refractivity contribution < 1.29 is 9.18 Å². The number of aryl methyl sites for hydroxylation is 1. The van der Waals surface area contributed by atoms with E-state index in [9.17, 15) is 9.18 Å². The lowest BCUT2D eigenvalue weighted by Gasteiger charge is -2.11. The predicted molar refractivity (Wildman–Crippen MR) is 112 cm³/mol. The van der Waals surface area contributed by atoms with Gasteiger partial charge in [0.15, 0.2) is 0 Å². The Hall–Kier alpha value is -3.47. The third kappa shape index (κ3) is 4.35. The number of hydrogen-bond donors (Lipinski definition) is 1. The van der Waals surface area contributed by atoms with Crippen LogP contribution in [0.2, 0.25) is 0 Å². The first kappa shape index (κ1) is 18.9. The van der Waals surface area contributed by atoms with Gasteiger partial charge in [0, 0.05) is 25.1 Å². The highest BCUT2D eigenvalue weighted by atomic mass is 19.1. The number of rotatable bonds is 6. The van der Waals surface area contributed by atoms with Crippen molar-refractivity contribution in [3.05, 3.63) is 101 Å². The molecule has 0 aliphatic heterocycles. The maximum absolute atomic E-state index is 13.0. The molecule has 1 N–H and O–H groups in total. The number of hydrogen-bond acceptors (Lipinski definition) is 2. The minimum absolute atomic E-state index is 0.216. The highest BCUT2D eigenvalue weighted by molar-refractivity contribution is 5.94. The zero-order valence-electron chi connectivity index (χ0n) is 16.2. The molecule has 4 nitrogen and oxygen atoms in total. The molecule has 0 saturated carbocycles. The average molecular weight is 387 g/mol. The van der Waals surface area contributed by atoms with Crippen molar-refractivity contribution in [2.24, 2.45) is 0 Å². The van der Waals surface area contributed by atoms with Gasteiger partial charge in [-0.05, 0) is 48.9 Å². The molecule has 3 aromatic carbocycles. The van der Waals surface area contributed by atoms with Crippen LogP contribution in [0.15, 0.2) is 72.8 Å². The summed E-state index contributed by atoms with van der Waals surface area (Å²) in [5, 5.41) is 2.90. The Labute approximate surface area is 169 Å². The Morgan fingerprint density at radius 2 is 1.72 bits per heavy atom. The quantitative estimate of drug-likeness (QED) is 0.529. The second-order valence-electron chi connectivity index (χ2n) is 7.10. The predicted octanol–water partition coefficient (Wildman–Crippen LogP) is 4.50. The zero-order chi connectivity index (χ0) is 20.2. The monoisotopic (exact) mass is 387 g/mol. The highest BCUT2D eigenvalue weighted by Gasteiger charge is 2.12. The fourth-order valence-corrected chi connectivity index (χ4v) is 3.36. The summed E-state index contributed by atoms with van der Waals surface area (Å²) in [6, 6.07) is 22.1. The molecule has 0 radical (unpaired) electrons. The van der Waals surface area contributed by atoms with E-state index in [1.54, 1.807) is 0 Å². The lowest BCUT2D eigenvalue weighted by atomic mass is 10.1. The Morgan fingerprint density at radius 3 is 2.48 bits per heavy atom. The summed E-state index contributed by atoms with van der Waals surface area (Å²) in [4.78, 5) is 17.0. The molecule has 4 aromatic rings. The minimum atomic E-state index is -0.355. The standard InChI is InChI=1S/C24H22FN3O/c1-17-6-8-18(9-7-17)16-28-22-5-3-2-4-21(22)27-23(28)14-15-26-24(29)19-10-12-20(25)13-11-19/h2-13H,14-16H2,1H3,(H,26,29). The molecular weight excluding hydrogens is 365 g/mol. The van der Waals surface area contributed by atoms with Crippen LogP contribution in [0.25, 0.3) is 11.0 Å². The average Bonchev–Trinajstić information content (AvgIpc) is 3.07. The number of carbonyl (C=O) groups excluding carboxylic acids is 1. The molecule has 4 rings (SSSR count). The van der Waals surface area contributed by atoms with Crippen molar-refractivity contribution in [1.29, 1.82) is 0 Å². The van der Waals surface area contributed by atoms with Crippen molar-refractivity contribution in [3.8, 4) is 0 Å². The van der Waals surface area contributed by atoms with E-state index in [2.05, 4.69) is 47.1 Å². The molecule has 0 spiro atoms. The van der Waals surface area contributed by atoms with Crippen molar-refractivity contribution in [1.82, 2.24) is 14.9 Å². The second-order valence-corrected chi connectivity index (χ2v) is 7.10. The molecule has 1 heterocycles.